The molecule has 0 aliphatic carbocycles. The van der Waals surface area contributed by atoms with Crippen LogP contribution in [0.25, 0.3) is 5.76 Å². The summed E-state index contributed by atoms with van der Waals surface area (Å²) in [6.07, 6.45) is 2.38. The van der Waals surface area contributed by atoms with E-state index in [1.165, 1.54) is 11.2 Å². The molecule has 1 aromatic carbocycles. The second kappa shape index (κ2) is 10.0. The Hall–Kier alpha value is -3.10. The fourth-order valence-corrected chi connectivity index (χ4v) is 4.01. The summed E-state index contributed by atoms with van der Waals surface area (Å²) in [5.41, 5.74) is 0.478. The molecule has 2 aromatic rings. The molecule has 0 unspecified atom stereocenters. The van der Waals surface area contributed by atoms with Crippen LogP contribution in [-0.2, 0) is 14.3 Å². The molecule has 0 bridgehead atoms. The van der Waals surface area contributed by atoms with Crippen LogP contribution in [0.3, 0.4) is 0 Å². The summed E-state index contributed by atoms with van der Waals surface area (Å²) in [5, 5.41) is 11.0. The number of hydrogen-bond donors (Lipinski definition) is 1. The van der Waals surface area contributed by atoms with Gasteiger partial charge in [0.15, 0.2) is 0 Å². The molecule has 8 nitrogen and oxygen atoms in total. The summed E-state index contributed by atoms with van der Waals surface area (Å²) >= 11 is 0. The van der Waals surface area contributed by atoms with Crippen LogP contribution >= 0.6 is 0 Å². The Bertz CT molecular complexity index is 961. The molecule has 1 N–H and O–H groups in total. The first kappa shape index (κ1) is 22.1. The summed E-state index contributed by atoms with van der Waals surface area (Å²) in [6, 6.07) is 9.48. The van der Waals surface area contributed by atoms with Gasteiger partial charge in [-0.2, -0.15) is 0 Å². The average Bonchev–Trinajstić information content (AvgIpc) is 3.44. The van der Waals surface area contributed by atoms with Gasteiger partial charge in [0.05, 0.1) is 31.7 Å². The van der Waals surface area contributed by atoms with Crippen molar-refractivity contribution < 1.29 is 28.6 Å². The normalized spacial score (nSPS) is 21.3. The highest BCUT2D eigenvalue weighted by atomic mass is 16.5. The van der Waals surface area contributed by atoms with Crippen molar-refractivity contribution in [2.75, 3.05) is 46.0 Å². The lowest BCUT2D eigenvalue weighted by Crippen LogP contribution is -2.42. The Labute approximate surface area is 187 Å². The maximum absolute atomic E-state index is 13.0. The van der Waals surface area contributed by atoms with Gasteiger partial charge in [0.1, 0.15) is 23.3 Å². The number of hydrogen-bond acceptors (Lipinski definition) is 7. The zero-order valence-corrected chi connectivity index (χ0v) is 18.2. The number of carbonyl (C=O) groups excluding carboxylic acids is 2. The molecule has 0 saturated carbocycles. The van der Waals surface area contributed by atoms with Crippen molar-refractivity contribution in [3.8, 4) is 5.75 Å². The number of rotatable bonds is 8. The quantitative estimate of drug-likeness (QED) is 0.383. The monoisotopic (exact) mass is 440 g/mol. The van der Waals surface area contributed by atoms with E-state index >= 15 is 0 Å². The molecule has 8 heteroatoms. The molecule has 32 heavy (non-hydrogen) atoms. The third-order valence-corrected chi connectivity index (χ3v) is 5.71. The fourth-order valence-electron chi connectivity index (χ4n) is 4.01. The van der Waals surface area contributed by atoms with Crippen LogP contribution in [0, 0.1) is 0 Å². The van der Waals surface area contributed by atoms with Crippen LogP contribution in [0.5, 0.6) is 5.75 Å². The van der Waals surface area contributed by atoms with E-state index in [0.717, 1.165) is 19.5 Å². The summed E-state index contributed by atoms with van der Waals surface area (Å²) < 4.78 is 16.5. The Balaban J connectivity index is 1.63. The summed E-state index contributed by atoms with van der Waals surface area (Å²) in [6.45, 7) is 6.43. The van der Waals surface area contributed by atoms with Crippen LogP contribution in [0.4, 0.5) is 0 Å². The van der Waals surface area contributed by atoms with E-state index < -0.39 is 17.7 Å². The van der Waals surface area contributed by atoms with Crippen molar-refractivity contribution in [2.24, 2.45) is 0 Å². The number of aliphatic hydroxyl groups is 1. The van der Waals surface area contributed by atoms with E-state index in [4.69, 9.17) is 13.9 Å². The van der Waals surface area contributed by atoms with Gasteiger partial charge in [0.2, 0.25) is 0 Å². The van der Waals surface area contributed by atoms with Gasteiger partial charge in [-0.15, -0.1) is 0 Å². The van der Waals surface area contributed by atoms with Crippen molar-refractivity contribution in [1.82, 2.24) is 9.80 Å². The van der Waals surface area contributed by atoms with E-state index in [1.54, 1.807) is 36.4 Å². The third kappa shape index (κ3) is 4.56. The highest BCUT2D eigenvalue weighted by Crippen LogP contribution is 2.39. The molecule has 170 valence electrons. The molecule has 0 spiro atoms. The van der Waals surface area contributed by atoms with Gasteiger partial charge in [-0.3, -0.25) is 14.5 Å². The minimum atomic E-state index is -0.776. The number of aliphatic hydroxyl groups excluding tert-OH is 1. The molecule has 2 fully saturated rings. The lowest BCUT2D eigenvalue weighted by atomic mass is 9.99. The van der Waals surface area contributed by atoms with Gasteiger partial charge < -0.3 is 23.9 Å². The van der Waals surface area contributed by atoms with Crippen LogP contribution < -0.4 is 4.74 Å². The Morgan fingerprint density at radius 3 is 2.53 bits per heavy atom. The standard InChI is InChI=1S/C24H28N2O6/c1-2-13-31-18-7-5-17(6-8-18)22(27)20-21(19-4-3-14-32-19)26(24(29)23(20)28)10-9-25-11-15-30-16-12-25/h3-8,14,21,27H,2,9-13,15-16H2,1H3/t21-/m0/s1. The Morgan fingerprint density at radius 1 is 1.12 bits per heavy atom. The summed E-state index contributed by atoms with van der Waals surface area (Å²) in [5.74, 6) is -0.450. The number of Topliss-reactive ketones (excluding diaryl/α,β-unsaturated/α-hetero) is 1. The largest absolute Gasteiger partial charge is 0.507 e. The molecule has 3 heterocycles. The fraction of sp³-hybridized carbons (Fsp3) is 0.417. The molecule has 2 aliphatic heterocycles. The van der Waals surface area contributed by atoms with Crippen molar-refractivity contribution in [3.63, 3.8) is 0 Å². The zero-order valence-electron chi connectivity index (χ0n) is 18.2. The number of carbonyl (C=O) groups is 2. The number of amides is 1. The topological polar surface area (TPSA) is 92.5 Å². The summed E-state index contributed by atoms with van der Waals surface area (Å²) in [7, 11) is 0. The van der Waals surface area contributed by atoms with E-state index in [2.05, 4.69) is 4.90 Å². The maximum atomic E-state index is 13.0. The molecular weight excluding hydrogens is 412 g/mol. The first-order valence-corrected chi connectivity index (χ1v) is 10.9. The number of likely N-dealkylation sites (tertiary alicyclic amines) is 1. The van der Waals surface area contributed by atoms with Crippen LogP contribution in [-0.4, -0.2) is 72.6 Å². The van der Waals surface area contributed by atoms with Crippen molar-refractivity contribution in [2.45, 2.75) is 19.4 Å². The number of morpholine rings is 1. The molecule has 0 radical (unpaired) electrons. The minimum Gasteiger partial charge on any atom is -0.507 e. The number of benzene rings is 1. The lowest BCUT2D eigenvalue weighted by Gasteiger charge is -2.30. The minimum absolute atomic E-state index is 0.0363. The van der Waals surface area contributed by atoms with Gasteiger partial charge >= 0.3 is 0 Å². The Morgan fingerprint density at radius 2 is 1.88 bits per heavy atom. The van der Waals surface area contributed by atoms with Crippen molar-refractivity contribution in [1.29, 1.82) is 0 Å². The number of ether oxygens (including phenoxy) is 2. The number of furan rings is 1. The molecule has 2 aliphatic rings. The number of nitrogens with zero attached hydrogens (tertiary/aromatic N) is 2. The zero-order chi connectivity index (χ0) is 22.5. The predicted molar refractivity (Wildman–Crippen MR) is 117 cm³/mol. The maximum Gasteiger partial charge on any atom is 0.295 e. The molecular formula is C24H28N2O6. The van der Waals surface area contributed by atoms with Crippen LogP contribution in [0.2, 0.25) is 0 Å². The highest BCUT2D eigenvalue weighted by Gasteiger charge is 2.47. The molecule has 1 atom stereocenters. The van der Waals surface area contributed by atoms with E-state index in [9.17, 15) is 14.7 Å². The third-order valence-electron chi connectivity index (χ3n) is 5.71. The molecule has 4 rings (SSSR count). The molecule has 1 aromatic heterocycles. The SMILES string of the molecule is CCCOc1ccc(C(O)=C2C(=O)C(=O)N(CCN3CCOCC3)[C@H]2c2ccco2)cc1. The first-order chi connectivity index (χ1) is 15.6. The van der Waals surface area contributed by atoms with E-state index in [1.807, 2.05) is 6.92 Å². The Kier molecular flexibility index (Phi) is 6.92. The summed E-state index contributed by atoms with van der Waals surface area (Å²) in [4.78, 5) is 29.6. The van der Waals surface area contributed by atoms with E-state index in [-0.39, 0.29) is 11.3 Å². The van der Waals surface area contributed by atoms with E-state index in [0.29, 0.717) is 50.0 Å². The van der Waals surface area contributed by atoms with Crippen molar-refractivity contribution >= 4 is 17.4 Å². The second-order valence-electron chi connectivity index (χ2n) is 7.83. The van der Waals surface area contributed by atoms with Gasteiger partial charge in [-0.1, -0.05) is 6.92 Å². The van der Waals surface area contributed by atoms with Gasteiger partial charge in [0, 0.05) is 31.7 Å². The molecule has 2 saturated heterocycles. The molecule has 1 amide bonds. The smallest absolute Gasteiger partial charge is 0.295 e. The lowest BCUT2D eigenvalue weighted by molar-refractivity contribution is -0.140. The van der Waals surface area contributed by atoms with Crippen LogP contribution in [0.1, 0.15) is 30.7 Å². The average molecular weight is 440 g/mol. The second-order valence-corrected chi connectivity index (χ2v) is 7.83. The number of ketones is 1. The van der Waals surface area contributed by atoms with Crippen molar-refractivity contribution in [3.05, 3.63) is 59.6 Å². The van der Waals surface area contributed by atoms with Crippen LogP contribution in [0.15, 0.2) is 52.7 Å². The first-order valence-electron chi connectivity index (χ1n) is 10.9. The van der Waals surface area contributed by atoms with Gasteiger partial charge in [0.25, 0.3) is 11.7 Å². The predicted octanol–water partition coefficient (Wildman–Crippen LogP) is 2.82. The van der Waals surface area contributed by atoms with Gasteiger partial charge in [-0.05, 0) is 42.8 Å². The van der Waals surface area contributed by atoms with Gasteiger partial charge in [-0.25, -0.2) is 0 Å². The highest BCUT2D eigenvalue weighted by molar-refractivity contribution is 6.46.